The summed E-state index contributed by atoms with van der Waals surface area (Å²) in [6, 6.07) is 7.94. The van der Waals surface area contributed by atoms with Gasteiger partial charge in [0.15, 0.2) is 5.82 Å². The lowest BCUT2D eigenvalue weighted by molar-refractivity contribution is 0.398. The lowest BCUT2D eigenvalue weighted by atomic mass is 10.2. The SMILES string of the molecule is COS(C)(O)CCCn1c(C)nc2c(N)nc3ccccc3c21. The molecule has 0 saturated heterocycles. The van der Waals surface area contributed by atoms with E-state index in [4.69, 9.17) is 9.92 Å². The number of nitrogen functional groups attached to an aromatic ring is 1. The highest BCUT2D eigenvalue weighted by Gasteiger charge is 2.15. The highest BCUT2D eigenvalue weighted by atomic mass is 32.3. The number of nitrogens with zero attached hydrogens (tertiary/aromatic N) is 3. The summed E-state index contributed by atoms with van der Waals surface area (Å²) in [5, 5.41) is 1.04. The molecular formula is C16H22N4O2S. The van der Waals surface area contributed by atoms with Crippen molar-refractivity contribution < 1.29 is 8.74 Å². The van der Waals surface area contributed by atoms with Crippen LogP contribution < -0.4 is 5.73 Å². The lowest BCUT2D eigenvalue weighted by Crippen LogP contribution is -2.08. The van der Waals surface area contributed by atoms with E-state index >= 15 is 0 Å². The van der Waals surface area contributed by atoms with Crippen molar-refractivity contribution in [1.29, 1.82) is 0 Å². The minimum absolute atomic E-state index is 0.454. The number of hydrogen-bond acceptors (Lipinski definition) is 5. The number of rotatable bonds is 5. The largest absolute Gasteiger partial charge is 0.382 e. The first-order valence-corrected chi connectivity index (χ1v) is 9.57. The molecule has 3 N–H and O–H groups in total. The monoisotopic (exact) mass is 334 g/mol. The second-order valence-electron chi connectivity index (χ2n) is 5.71. The van der Waals surface area contributed by atoms with E-state index in [9.17, 15) is 4.55 Å². The van der Waals surface area contributed by atoms with E-state index in [1.54, 1.807) is 13.4 Å². The van der Waals surface area contributed by atoms with Crippen LogP contribution in [-0.4, -0.2) is 38.2 Å². The molecule has 7 heteroatoms. The van der Waals surface area contributed by atoms with Gasteiger partial charge in [-0.2, -0.15) is 10.6 Å². The Hall–Kier alpha value is -1.83. The van der Waals surface area contributed by atoms with E-state index in [-0.39, 0.29) is 0 Å². The van der Waals surface area contributed by atoms with Crippen molar-refractivity contribution in [3.63, 3.8) is 0 Å². The van der Waals surface area contributed by atoms with Gasteiger partial charge in [0.1, 0.15) is 11.3 Å². The first-order valence-electron chi connectivity index (χ1n) is 7.48. The number of hydrogen-bond donors (Lipinski definition) is 2. The fraction of sp³-hybridized carbons (Fsp3) is 0.375. The molecule has 1 atom stereocenters. The Morgan fingerprint density at radius 3 is 2.78 bits per heavy atom. The van der Waals surface area contributed by atoms with Gasteiger partial charge in [-0.25, -0.2) is 9.97 Å². The van der Waals surface area contributed by atoms with Gasteiger partial charge in [0.2, 0.25) is 0 Å². The molecule has 23 heavy (non-hydrogen) atoms. The Labute approximate surface area is 137 Å². The predicted molar refractivity (Wildman–Crippen MR) is 96.8 cm³/mol. The molecule has 2 heterocycles. The quantitative estimate of drug-likeness (QED) is 0.747. The summed E-state index contributed by atoms with van der Waals surface area (Å²) >= 11 is 0. The van der Waals surface area contributed by atoms with Crippen LogP contribution in [0.2, 0.25) is 0 Å². The number of benzene rings is 1. The average Bonchev–Trinajstić information content (AvgIpc) is 2.85. The minimum Gasteiger partial charge on any atom is -0.382 e. The second-order valence-corrected chi connectivity index (χ2v) is 8.37. The van der Waals surface area contributed by atoms with E-state index in [2.05, 4.69) is 14.5 Å². The van der Waals surface area contributed by atoms with Crippen LogP contribution in [0.15, 0.2) is 24.3 Å². The molecule has 124 valence electrons. The molecule has 1 aromatic carbocycles. The zero-order valence-corrected chi connectivity index (χ0v) is 14.4. The van der Waals surface area contributed by atoms with E-state index in [0.717, 1.165) is 40.7 Å². The van der Waals surface area contributed by atoms with Gasteiger partial charge < -0.3 is 10.3 Å². The summed E-state index contributed by atoms with van der Waals surface area (Å²) in [7, 11) is -0.412. The highest BCUT2D eigenvalue weighted by Crippen LogP contribution is 2.40. The van der Waals surface area contributed by atoms with Crippen molar-refractivity contribution in [2.45, 2.75) is 19.9 Å². The average molecular weight is 334 g/mol. The zero-order valence-electron chi connectivity index (χ0n) is 13.6. The van der Waals surface area contributed by atoms with Crippen LogP contribution in [0.4, 0.5) is 5.82 Å². The summed E-state index contributed by atoms with van der Waals surface area (Å²) in [5.74, 6) is 1.98. The van der Waals surface area contributed by atoms with Crippen LogP contribution in [0.1, 0.15) is 12.2 Å². The van der Waals surface area contributed by atoms with E-state index in [1.807, 2.05) is 31.2 Å². The van der Waals surface area contributed by atoms with E-state index < -0.39 is 10.6 Å². The van der Waals surface area contributed by atoms with Crippen molar-refractivity contribution >= 4 is 38.3 Å². The normalized spacial score (nSPS) is 15.8. The molecular weight excluding hydrogens is 312 g/mol. The number of para-hydroxylation sites is 1. The Bertz CT molecular complexity index is 860. The molecule has 0 radical (unpaired) electrons. The van der Waals surface area contributed by atoms with Crippen molar-refractivity contribution in [1.82, 2.24) is 14.5 Å². The van der Waals surface area contributed by atoms with Crippen molar-refractivity contribution in [3.8, 4) is 0 Å². The van der Waals surface area contributed by atoms with Crippen LogP contribution in [-0.2, 0) is 10.7 Å². The van der Waals surface area contributed by atoms with Crippen LogP contribution in [0, 0.1) is 6.92 Å². The molecule has 0 aliphatic heterocycles. The van der Waals surface area contributed by atoms with Gasteiger partial charge in [0.05, 0.1) is 18.1 Å². The standard InChI is InChI=1S/C16H22N4O2S/c1-11-18-14-15(20(11)9-6-10-23(3,21)22-2)12-7-4-5-8-13(12)19-16(14)17/h4-5,7-8,21H,6,9-10H2,1-3H3,(H2,17,19). The van der Waals surface area contributed by atoms with Crippen LogP contribution in [0.5, 0.6) is 0 Å². The molecule has 0 aliphatic carbocycles. The molecule has 1 unspecified atom stereocenters. The number of aromatic nitrogens is 3. The Balaban J connectivity index is 2.04. The lowest BCUT2D eigenvalue weighted by Gasteiger charge is -2.31. The van der Waals surface area contributed by atoms with Gasteiger partial charge in [-0.15, -0.1) is 0 Å². The van der Waals surface area contributed by atoms with Gasteiger partial charge in [0, 0.05) is 23.9 Å². The second kappa shape index (κ2) is 5.99. The predicted octanol–water partition coefficient (Wildman–Crippen LogP) is 3.33. The molecule has 0 saturated carbocycles. The molecule has 0 bridgehead atoms. The molecule has 0 aliphatic rings. The van der Waals surface area contributed by atoms with Gasteiger partial charge in [0.25, 0.3) is 0 Å². The molecule has 6 nitrogen and oxygen atoms in total. The first kappa shape index (κ1) is 16.0. The number of anilines is 1. The summed E-state index contributed by atoms with van der Waals surface area (Å²) in [6.45, 7) is 2.72. The van der Waals surface area contributed by atoms with Gasteiger partial charge in [-0.05, 0) is 19.4 Å². The number of pyridine rings is 1. The zero-order chi connectivity index (χ0) is 16.6. The fourth-order valence-electron chi connectivity index (χ4n) is 2.82. The third kappa shape index (κ3) is 2.99. The summed E-state index contributed by atoms with van der Waals surface area (Å²) in [6.07, 6.45) is 2.56. The Kier molecular flexibility index (Phi) is 4.18. The van der Waals surface area contributed by atoms with Gasteiger partial charge in [-0.3, -0.25) is 8.74 Å². The maximum absolute atomic E-state index is 10.1. The first-order chi connectivity index (χ1) is 10.9. The van der Waals surface area contributed by atoms with Gasteiger partial charge in [-0.1, -0.05) is 18.2 Å². The van der Waals surface area contributed by atoms with Crippen molar-refractivity contribution in [3.05, 3.63) is 30.1 Å². The van der Waals surface area contributed by atoms with Crippen LogP contribution in [0.25, 0.3) is 21.9 Å². The molecule has 0 amide bonds. The number of fused-ring (bicyclic) bond motifs is 3. The highest BCUT2D eigenvalue weighted by molar-refractivity contribution is 8.24. The van der Waals surface area contributed by atoms with Crippen LogP contribution >= 0.6 is 10.6 Å². The third-order valence-electron chi connectivity index (χ3n) is 4.07. The van der Waals surface area contributed by atoms with Crippen molar-refractivity contribution in [2.24, 2.45) is 0 Å². The third-order valence-corrected chi connectivity index (χ3v) is 5.83. The van der Waals surface area contributed by atoms with Crippen LogP contribution in [0.3, 0.4) is 0 Å². The smallest absolute Gasteiger partial charge is 0.152 e. The summed E-state index contributed by atoms with van der Waals surface area (Å²) < 4.78 is 17.4. The topological polar surface area (TPSA) is 86.2 Å². The Morgan fingerprint density at radius 1 is 1.30 bits per heavy atom. The molecule has 0 spiro atoms. The minimum atomic E-state index is -1.96. The fourth-order valence-corrected chi connectivity index (χ4v) is 3.65. The maximum Gasteiger partial charge on any atom is 0.152 e. The van der Waals surface area contributed by atoms with Gasteiger partial charge >= 0.3 is 0 Å². The maximum atomic E-state index is 10.1. The summed E-state index contributed by atoms with van der Waals surface area (Å²) in [4.78, 5) is 9.02. The molecule has 3 rings (SSSR count). The molecule has 2 aromatic heterocycles. The molecule has 0 fully saturated rings. The summed E-state index contributed by atoms with van der Waals surface area (Å²) in [5.41, 5.74) is 8.70. The van der Waals surface area contributed by atoms with Crippen molar-refractivity contribution in [2.75, 3.05) is 24.9 Å². The molecule has 3 aromatic rings. The number of imidazole rings is 1. The van der Waals surface area contributed by atoms with E-state index in [0.29, 0.717) is 11.6 Å². The number of nitrogens with two attached hydrogens (primary N) is 1. The Morgan fingerprint density at radius 2 is 2.04 bits per heavy atom. The van der Waals surface area contributed by atoms with E-state index in [1.165, 1.54) is 0 Å². The number of aryl methyl sites for hydroxylation is 2.